The fourth-order valence-electron chi connectivity index (χ4n) is 2.36. The van der Waals surface area contributed by atoms with Gasteiger partial charge in [-0.3, -0.25) is 14.9 Å². The highest BCUT2D eigenvalue weighted by Gasteiger charge is 2.22. The van der Waals surface area contributed by atoms with Gasteiger partial charge in [0.15, 0.2) is 0 Å². The maximum absolute atomic E-state index is 11.8. The van der Waals surface area contributed by atoms with E-state index in [0.717, 1.165) is 5.56 Å². The van der Waals surface area contributed by atoms with Crippen molar-refractivity contribution in [2.45, 2.75) is 19.8 Å². The molecule has 0 heterocycles. The van der Waals surface area contributed by atoms with Crippen LogP contribution in [0.1, 0.15) is 18.1 Å². The molecule has 0 saturated heterocycles. The molecular formula is C19H19NO6. The number of hydrogen-bond acceptors (Lipinski definition) is 6. The van der Waals surface area contributed by atoms with Gasteiger partial charge in [-0.15, -0.1) is 0 Å². The largest absolute Gasteiger partial charge is 0.493 e. The minimum atomic E-state index is -1.00. The van der Waals surface area contributed by atoms with Crippen molar-refractivity contribution in [3.05, 3.63) is 69.8 Å². The summed E-state index contributed by atoms with van der Waals surface area (Å²) >= 11 is 0. The summed E-state index contributed by atoms with van der Waals surface area (Å²) in [6.07, 6.45) is 0.264. The van der Waals surface area contributed by atoms with Gasteiger partial charge in [0.2, 0.25) is 5.78 Å². The van der Waals surface area contributed by atoms with Crippen LogP contribution in [0.4, 0.5) is 5.69 Å². The Kier molecular flexibility index (Phi) is 6.84. The minimum absolute atomic E-state index is 0.0648. The molecule has 2 aromatic rings. The highest BCUT2D eigenvalue weighted by molar-refractivity contribution is 6.34. The number of nitrogens with zero attached hydrogens (tertiary/aromatic N) is 1. The van der Waals surface area contributed by atoms with Gasteiger partial charge in [0.1, 0.15) is 5.75 Å². The molecule has 0 amide bonds. The summed E-state index contributed by atoms with van der Waals surface area (Å²) in [4.78, 5) is 33.9. The molecule has 0 N–H and O–H groups in total. The third-order valence-electron chi connectivity index (χ3n) is 3.60. The lowest BCUT2D eigenvalue weighted by molar-refractivity contribution is -0.385. The van der Waals surface area contributed by atoms with Crippen LogP contribution in [0.15, 0.2) is 48.5 Å². The van der Waals surface area contributed by atoms with Crippen LogP contribution in [-0.2, 0) is 27.2 Å². The van der Waals surface area contributed by atoms with E-state index in [0.29, 0.717) is 18.8 Å². The zero-order valence-electron chi connectivity index (χ0n) is 14.3. The Hall–Kier alpha value is -3.22. The van der Waals surface area contributed by atoms with Crippen LogP contribution in [0.25, 0.3) is 0 Å². The van der Waals surface area contributed by atoms with Crippen LogP contribution in [0.2, 0.25) is 0 Å². The van der Waals surface area contributed by atoms with Gasteiger partial charge < -0.3 is 9.47 Å². The summed E-state index contributed by atoms with van der Waals surface area (Å²) in [6.45, 7) is 2.03. The molecule has 2 aromatic carbocycles. The molecule has 2 rings (SSSR count). The Morgan fingerprint density at radius 1 is 1.12 bits per heavy atom. The van der Waals surface area contributed by atoms with Crippen LogP contribution >= 0.6 is 0 Å². The summed E-state index contributed by atoms with van der Waals surface area (Å²) in [5.41, 5.74) is 0.982. The molecule has 0 aliphatic heterocycles. The number of benzene rings is 2. The molecular weight excluding hydrogens is 338 g/mol. The minimum Gasteiger partial charge on any atom is -0.493 e. The molecule has 0 radical (unpaired) electrons. The van der Waals surface area contributed by atoms with Crippen LogP contribution in [0.5, 0.6) is 5.75 Å². The smallest absolute Gasteiger partial charge is 0.374 e. The predicted molar refractivity (Wildman–Crippen MR) is 94.1 cm³/mol. The van der Waals surface area contributed by atoms with Crippen molar-refractivity contribution >= 4 is 17.4 Å². The third kappa shape index (κ3) is 5.41. The summed E-state index contributed by atoms with van der Waals surface area (Å²) in [5.74, 6) is -1.44. The highest BCUT2D eigenvalue weighted by Crippen LogP contribution is 2.25. The van der Waals surface area contributed by atoms with E-state index >= 15 is 0 Å². The maximum Gasteiger partial charge on any atom is 0.374 e. The molecule has 0 aliphatic rings. The fraction of sp³-hybridized carbons (Fsp3) is 0.263. The quantitative estimate of drug-likeness (QED) is 0.296. The summed E-state index contributed by atoms with van der Waals surface area (Å²) in [6, 6.07) is 13.9. The van der Waals surface area contributed by atoms with Crippen LogP contribution < -0.4 is 4.74 Å². The topological polar surface area (TPSA) is 95.7 Å². The van der Waals surface area contributed by atoms with Crippen molar-refractivity contribution in [2.24, 2.45) is 0 Å². The average Bonchev–Trinajstić information content (AvgIpc) is 2.62. The predicted octanol–water partition coefficient (Wildman–Crippen LogP) is 2.89. The summed E-state index contributed by atoms with van der Waals surface area (Å²) in [7, 11) is 0. The molecule has 0 spiro atoms. The second-order valence-corrected chi connectivity index (χ2v) is 5.45. The molecule has 0 bridgehead atoms. The molecule has 136 valence electrons. The molecule has 7 heteroatoms. The van der Waals surface area contributed by atoms with Gasteiger partial charge in [0.05, 0.1) is 18.1 Å². The van der Waals surface area contributed by atoms with Crippen LogP contribution in [-0.4, -0.2) is 29.9 Å². The lowest BCUT2D eigenvalue weighted by Gasteiger charge is -2.09. The Labute approximate surface area is 150 Å². The van der Waals surface area contributed by atoms with Crippen LogP contribution in [0.3, 0.4) is 0 Å². The molecule has 0 aromatic heterocycles. The van der Waals surface area contributed by atoms with Gasteiger partial charge in [-0.05, 0) is 24.6 Å². The van der Waals surface area contributed by atoms with E-state index in [1.807, 2.05) is 30.3 Å². The second kappa shape index (κ2) is 9.31. The molecule has 7 nitrogen and oxygen atoms in total. The van der Waals surface area contributed by atoms with Crippen molar-refractivity contribution in [1.29, 1.82) is 0 Å². The number of ether oxygens (including phenoxy) is 2. The number of ketones is 1. The number of carbonyl (C=O) groups is 2. The second-order valence-electron chi connectivity index (χ2n) is 5.45. The normalized spacial score (nSPS) is 10.2. The Morgan fingerprint density at radius 2 is 1.85 bits per heavy atom. The molecule has 26 heavy (non-hydrogen) atoms. The first-order valence-electron chi connectivity index (χ1n) is 8.15. The number of nitro groups is 1. The number of esters is 1. The fourth-order valence-corrected chi connectivity index (χ4v) is 2.36. The first-order chi connectivity index (χ1) is 12.5. The van der Waals surface area contributed by atoms with Gasteiger partial charge >= 0.3 is 5.97 Å². The average molecular weight is 357 g/mol. The van der Waals surface area contributed by atoms with Crippen molar-refractivity contribution in [2.75, 3.05) is 13.2 Å². The van der Waals surface area contributed by atoms with Gasteiger partial charge in [-0.2, -0.15) is 0 Å². The monoisotopic (exact) mass is 357 g/mol. The SMILES string of the molecule is CCOC(=O)C(=O)Cc1cc(OCCc2ccccc2)ccc1[N+](=O)[O-]. The zero-order chi connectivity index (χ0) is 18.9. The van der Waals surface area contributed by atoms with E-state index in [1.54, 1.807) is 6.92 Å². The molecule has 0 aliphatic carbocycles. The maximum atomic E-state index is 11.8. The Bertz CT molecular complexity index is 788. The van der Waals surface area contributed by atoms with E-state index in [2.05, 4.69) is 4.74 Å². The van der Waals surface area contributed by atoms with Gasteiger partial charge in [-0.1, -0.05) is 30.3 Å². The summed E-state index contributed by atoms with van der Waals surface area (Å²) < 4.78 is 10.3. The van der Waals surface area contributed by atoms with Crippen molar-refractivity contribution < 1.29 is 24.0 Å². The lowest BCUT2D eigenvalue weighted by atomic mass is 10.1. The van der Waals surface area contributed by atoms with Crippen molar-refractivity contribution in [3.63, 3.8) is 0 Å². The van der Waals surface area contributed by atoms with Crippen molar-refractivity contribution in [3.8, 4) is 5.75 Å². The zero-order valence-corrected chi connectivity index (χ0v) is 14.3. The lowest BCUT2D eigenvalue weighted by Crippen LogP contribution is -2.20. The van der Waals surface area contributed by atoms with E-state index in [9.17, 15) is 19.7 Å². The molecule has 0 fully saturated rings. The number of rotatable bonds is 9. The molecule has 0 saturated carbocycles. The molecule has 0 unspecified atom stereocenters. The van der Waals surface area contributed by atoms with Crippen molar-refractivity contribution in [1.82, 2.24) is 0 Å². The number of nitro benzene ring substituents is 1. The summed E-state index contributed by atoms with van der Waals surface area (Å²) in [5, 5.41) is 11.1. The van der Waals surface area contributed by atoms with E-state index in [-0.39, 0.29) is 17.9 Å². The van der Waals surface area contributed by atoms with Gasteiger partial charge in [-0.25, -0.2) is 4.79 Å². The van der Waals surface area contributed by atoms with Crippen LogP contribution in [0, 0.1) is 10.1 Å². The first kappa shape index (κ1) is 19.1. The Balaban J connectivity index is 2.07. The number of Topliss-reactive ketones (excluding diaryl/α,β-unsaturated/α-hetero) is 1. The first-order valence-corrected chi connectivity index (χ1v) is 8.15. The third-order valence-corrected chi connectivity index (χ3v) is 3.60. The van der Waals surface area contributed by atoms with Gasteiger partial charge in [0, 0.05) is 24.5 Å². The number of hydrogen-bond donors (Lipinski definition) is 0. The van der Waals surface area contributed by atoms with E-state index in [1.165, 1.54) is 18.2 Å². The van der Waals surface area contributed by atoms with Gasteiger partial charge in [0.25, 0.3) is 5.69 Å². The standard InChI is InChI=1S/C19H19NO6/c1-2-25-19(22)18(21)13-15-12-16(8-9-17(15)20(23)24)26-11-10-14-6-4-3-5-7-14/h3-9,12H,2,10-11,13H2,1H3. The van der Waals surface area contributed by atoms with E-state index in [4.69, 9.17) is 4.74 Å². The Morgan fingerprint density at radius 3 is 2.50 bits per heavy atom. The highest BCUT2D eigenvalue weighted by atomic mass is 16.6. The number of carbonyl (C=O) groups excluding carboxylic acids is 2. The van der Waals surface area contributed by atoms with E-state index < -0.39 is 23.1 Å². The molecule has 0 atom stereocenters.